The number of hydrogen-bond acceptors (Lipinski definition) is 6. The average molecular weight is 369 g/mol. The number of benzene rings is 2. The number of carbonyl (C=O) groups is 2. The minimum atomic E-state index is -0.463. The molecule has 1 N–H and O–H groups in total. The van der Waals surface area contributed by atoms with Crippen LogP contribution in [0.25, 0.3) is 11.4 Å². The minimum Gasteiger partial charge on any atom is -0.462 e. The Morgan fingerprint density at radius 3 is 2.70 bits per heavy atom. The van der Waals surface area contributed by atoms with Crippen molar-refractivity contribution in [1.82, 2.24) is 20.2 Å². The lowest BCUT2D eigenvalue weighted by Crippen LogP contribution is -2.20. The number of esters is 1. The van der Waals surface area contributed by atoms with E-state index in [1.807, 2.05) is 0 Å². The number of amides is 1. The van der Waals surface area contributed by atoms with Gasteiger partial charge in [-0.05, 0) is 54.6 Å². The van der Waals surface area contributed by atoms with Crippen molar-refractivity contribution in [3.63, 3.8) is 0 Å². The normalized spacial score (nSPS) is 10.4. The Morgan fingerprint density at radius 1 is 1.19 bits per heavy atom. The fourth-order valence-electron chi connectivity index (χ4n) is 2.29. The molecule has 138 valence electrons. The lowest BCUT2D eigenvalue weighted by molar-refractivity contribution is -0.117. The third kappa shape index (κ3) is 4.72. The van der Waals surface area contributed by atoms with Gasteiger partial charge in [-0.3, -0.25) is 4.79 Å². The molecule has 0 atom stereocenters. The summed E-state index contributed by atoms with van der Waals surface area (Å²) in [6.07, 6.45) is 0. The molecule has 3 aromatic rings. The van der Waals surface area contributed by atoms with Gasteiger partial charge in [0.2, 0.25) is 11.7 Å². The van der Waals surface area contributed by atoms with Crippen molar-refractivity contribution in [2.24, 2.45) is 0 Å². The molecule has 0 fully saturated rings. The van der Waals surface area contributed by atoms with Gasteiger partial charge in [0.1, 0.15) is 12.4 Å². The van der Waals surface area contributed by atoms with Crippen LogP contribution in [-0.2, 0) is 16.1 Å². The lowest BCUT2D eigenvalue weighted by atomic mass is 10.2. The summed E-state index contributed by atoms with van der Waals surface area (Å²) in [5.74, 6) is -0.933. The molecule has 1 heterocycles. The molecule has 2 aromatic carbocycles. The smallest absolute Gasteiger partial charge is 0.338 e. The molecule has 27 heavy (non-hydrogen) atoms. The van der Waals surface area contributed by atoms with E-state index in [2.05, 4.69) is 20.7 Å². The van der Waals surface area contributed by atoms with E-state index in [0.29, 0.717) is 16.8 Å². The minimum absolute atomic E-state index is 0.169. The highest BCUT2D eigenvalue weighted by atomic mass is 19.1. The summed E-state index contributed by atoms with van der Waals surface area (Å²) >= 11 is 0. The SMILES string of the molecule is CCOC(=O)c1cccc(NC(=O)Cn2nnc(-c3ccc(F)cc3)n2)c1. The molecular weight excluding hydrogens is 353 g/mol. The van der Waals surface area contributed by atoms with Crippen molar-refractivity contribution in [3.8, 4) is 11.4 Å². The Morgan fingerprint density at radius 2 is 1.96 bits per heavy atom. The molecular formula is C18H16FN5O3. The number of nitrogens with zero attached hydrogens (tertiary/aromatic N) is 4. The largest absolute Gasteiger partial charge is 0.462 e. The van der Waals surface area contributed by atoms with Crippen molar-refractivity contribution in [2.45, 2.75) is 13.5 Å². The molecule has 0 aliphatic heterocycles. The lowest BCUT2D eigenvalue weighted by Gasteiger charge is -2.06. The first-order valence-corrected chi connectivity index (χ1v) is 8.16. The maximum absolute atomic E-state index is 13.0. The fraction of sp³-hybridized carbons (Fsp3) is 0.167. The van der Waals surface area contributed by atoms with E-state index in [1.165, 1.54) is 30.3 Å². The van der Waals surface area contributed by atoms with Gasteiger partial charge < -0.3 is 10.1 Å². The van der Waals surface area contributed by atoms with Crippen LogP contribution in [0.15, 0.2) is 48.5 Å². The first-order valence-electron chi connectivity index (χ1n) is 8.16. The molecule has 0 aliphatic rings. The predicted molar refractivity (Wildman–Crippen MR) is 94.2 cm³/mol. The van der Waals surface area contributed by atoms with E-state index in [4.69, 9.17) is 4.74 Å². The molecule has 0 spiro atoms. The quantitative estimate of drug-likeness (QED) is 0.670. The summed E-state index contributed by atoms with van der Waals surface area (Å²) in [5.41, 5.74) is 1.38. The van der Waals surface area contributed by atoms with Crippen molar-refractivity contribution in [2.75, 3.05) is 11.9 Å². The molecule has 1 aromatic heterocycles. The van der Waals surface area contributed by atoms with Crippen LogP contribution in [0.1, 0.15) is 17.3 Å². The zero-order chi connectivity index (χ0) is 19.2. The summed E-state index contributed by atoms with van der Waals surface area (Å²) in [5, 5.41) is 14.4. The molecule has 0 radical (unpaired) electrons. The van der Waals surface area contributed by atoms with Gasteiger partial charge in [0.25, 0.3) is 0 Å². The molecule has 0 unspecified atom stereocenters. The van der Waals surface area contributed by atoms with Gasteiger partial charge in [-0.15, -0.1) is 10.2 Å². The Hall–Kier alpha value is -3.62. The van der Waals surface area contributed by atoms with Gasteiger partial charge in [0, 0.05) is 11.3 Å². The van der Waals surface area contributed by atoms with Crippen molar-refractivity contribution < 1.29 is 18.7 Å². The second-order valence-corrected chi connectivity index (χ2v) is 5.50. The highest BCUT2D eigenvalue weighted by Crippen LogP contribution is 2.14. The Balaban J connectivity index is 1.64. The number of rotatable bonds is 6. The van der Waals surface area contributed by atoms with Gasteiger partial charge in [0.05, 0.1) is 12.2 Å². The predicted octanol–water partition coefficient (Wildman–Crippen LogP) is 2.29. The third-order valence-electron chi connectivity index (χ3n) is 3.50. The number of ether oxygens (including phenoxy) is 1. The van der Waals surface area contributed by atoms with Crippen molar-refractivity contribution >= 4 is 17.6 Å². The van der Waals surface area contributed by atoms with Crippen LogP contribution in [0.5, 0.6) is 0 Å². The van der Waals surface area contributed by atoms with Gasteiger partial charge >= 0.3 is 5.97 Å². The topological polar surface area (TPSA) is 99.0 Å². The van der Waals surface area contributed by atoms with Crippen LogP contribution < -0.4 is 5.32 Å². The number of carbonyl (C=O) groups excluding carboxylic acids is 2. The van der Waals surface area contributed by atoms with Crippen LogP contribution in [0.3, 0.4) is 0 Å². The van der Waals surface area contributed by atoms with Gasteiger partial charge in [-0.1, -0.05) is 6.07 Å². The molecule has 0 saturated carbocycles. The van der Waals surface area contributed by atoms with E-state index in [0.717, 1.165) is 4.80 Å². The monoisotopic (exact) mass is 369 g/mol. The zero-order valence-corrected chi connectivity index (χ0v) is 14.4. The summed E-state index contributed by atoms with van der Waals surface area (Å²) in [7, 11) is 0. The van der Waals surface area contributed by atoms with Crippen LogP contribution in [0.2, 0.25) is 0 Å². The average Bonchev–Trinajstić information content (AvgIpc) is 3.11. The summed E-state index contributed by atoms with van der Waals surface area (Å²) in [4.78, 5) is 25.0. The number of nitrogens with one attached hydrogen (secondary N) is 1. The van der Waals surface area contributed by atoms with Crippen LogP contribution >= 0.6 is 0 Å². The molecule has 8 nitrogen and oxygen atoms in total. The molecule has 1 amide bonds. The second-order valence-electron chi connectivity index (χ2n) is 5.50. The van der Waals surface area contributed by atoms with Crippen LogP contribution in [-0.4, -0.2) is 38.7 Å². The van der Waals surface area contributed by atoms with E-state index >= 15 is 0 Å². The maximum Gasteiger partial charge on any atom is 0.338 e. The number of halogens is 1. The first kappa shape index (κ1) is 18.2. The fourth-order valence-corrected chi connectivity index (χ4v) is 2.29. The molecule has 0 bridgehead atoms. The summed E-state index contributed by atoms with van der Waals surface area (Å²) in [6.45, 7) is 1.82. The maximum atomic E-state index is 13.0. The van der Waals surface area contributed by atoms with E-state index < -0.39 is 5.97 Å². The zero-order valence-electron chi connectivity index (χ0n) is 14.4. The van der Waals surface area contributed by atoms with Crippen LogP contribution in [0.4, 0.5) is 10.1 Å². The third-order valence-corrected chi connectivity index (χ3v) is 3.50. The first-order chi connectivity index (χ1) is 13.0. The van der Waals surface area contributed by atoms with Crippen LogP contribution in [0, 0.1) is 5.82 Å². The number of aromatic nitrogens is 4. The molecule has 0 aliphatic carbocycles. The Labute approximate surface area is 154 Å². The highest BCUT2D eigenvalue weighted by Gasteiger charge is 2.11. The van der Waals surface area contributed by atoms with E-state index in [1.54, 1.807) is 25.1 Å². The standard InChI is InChI=1S/C18H16FN5O3/c1-2-27-18(26)13-4-3-5-15(10-13)20-16(25)11-24-22-17(21-23-24)12-6-8-14(19)9-7-12/h3-10H,2,11H2,1H3,(H,20,25). The van der Waals surface area contributed by atoms with E-state index in [9.17, 15) is 14.0 Å². The molecule has 0 saturated heterocycles. The molecule has 9 heteroatoms. The number of hydrogen-bond donors (Lipinski definition) is 1. The molecule has 3 rings (SSSR count). The van der Waals surface area contributed by atoms with Gasteiger partial charge in [-0.25, -0.2) is 9.18 Å². The Bertz CT molecular complexity index is 956. The number of tetrazole rings is 1. The van der Waals surface area contributed by atoms with Crippen molar-refractivity contribution in [3.05, 3.63) is 59.9 Å². The summed E-state index contributed by atoms with van der Waals surface area (Å²) < 4.78 is 17.9. The van der Waals surface area contributed by atoms with Gasteiger partial charge in [-0.2, -0.15) is 4.80 Å². The highest BCUT2D eigenvalue weighted by molar-refractivity contribution is 5.94. The second kappa shape index (κ2) is 8.17. The van der Waals surface area contributed by atoms with Gasteiger partial charge in [0.15, 0.2) is 0 Å². The number of anilines is 1. The summed E-state index contributed by atoms with van der Waals surface area (Å²) in [6, 6.07) is 12.0. The Kier molecular flexibility index (Phi) is 5.50. The van der Waals surface area contributed by atoms with Crippen molar-refractivity contribution in [1.29, 1.82) is 0 Å². The van der Waals surface area contributed by atoms with E-state index in [-0.39, 0.29) is 30.7 Å².